The van der Waals surface area contributed by atoms with Crippen LogP contribution in [-0.2, 0) is 15.9 Å². The Morgan fingerprint density at radius 2 is 1.85 bits per heavy atom. The predicted octanol–water partition coefficient (Wildman–Crippen LogP) is 2.40. The van der Waals surface area contributed by atoms with Crippen LogP contribution in [0.4, 0.5) is 5.69 Å². The van der Waals surface area contributed by atoms with Gasteiger partial charge in [-0.25, -0.2) is 0 Å². The number of rotatable bonds is 5. The summed E-state index contributed by atoms with van der Waals surface area (Å²) in [7, 11) is 0. The molecule has 2 fully saturated rings. The van der Waals surface area contributed by atoms with Crippen LogP contribution in [0, 0.1) is 0 Å². The fourth-order valence-corrected chi connectivity index (χ4v) is 3.68. The summed E-state index contributed by atoms with van der Waals surface area (Å²) in [5.74, 6) is -0.479. The van der Waals surface area contributed by atoms with Gasteiger partial charge in [0.05, 0.1) is 30.7 Å². The summed E-state index contributed by atoms with van der Waals surface area (Å²) in [5.41, 5.74) is 2.77. The number of hydrogen-bond donors (Lipinski definition) is 1. The van der Waals surface area contributed by atoms with Crippen LogP contribution in [0.25, 0.3) is 0 Å². The van der Waals surface area contributed by atoms with Gasteiger partial charge in [0.15, 0.2) is 5.79 Å². The van der Waals surface area contributed by atoms with Crippen molar-refractivity contribution in [3.05, 3.63) is 59.9 Å². The molecular weight excluding hydrogens is 342 g/mol. The van der Waals surface area contributed by atoms with Crippen molar-refractivity contribution in [2.75, 3.05) is 37.7 Å². The second-order valence-electron chi connectivity index (χ2n) is 7.02. The molecule has 1 spiro atoms. The standard InChI is InChI=1S/C21H25N3O3/c25-20(23-9-6-17-4-2-1-3-5-17)18-14-19(16-22-15-18)24-10-7-21(8-11-24)26-12-13-27-21/h1-5,14-16H,6-13H2,(H,23,25). The van der Waals surface area contributed by atoms with Crippen molar-refractivity contribution >= 4 is 11.6 Å². The minimum atomic E-state index is -0.393. The molecule has 0 bridgehead atoms. The maximum absolute atomic E-state index is 12.5. The fraction of sp³-hybridized carbons (Fsp3) is 0.429. The molecule has 0 unspecified atom stereocenters. The zero-order valence-corrected chi connectivity index (χ0v) is 15.4. The topological polar surface area (TPSA) is 63.7 Å². The van der Waals surface area contributed by atoms with Crippen LogP contribution < -0.4 is 10.2 Å². The van der Waals surface area contributed by atoms with E-state index in [1.165, 1.54) is 5.56 Å². The normalized spacial score (nSPS) is 18.6. The molecule has 0 radical (unpaired) electrons. The molecule has 27 heavy (non-hydrogen) atoms. The summed E-state index contributed by atoms with van der Waals surface area (Å²) in [6.07, 6.45) is 5.92. The van der Waals surface area contributed by atoms with E-state index in [-0.39, 0.29) is 5.91 Å². The quantitative estimate of drug-likeness (QED) is 0.879. The third kappa shape index (κ3) is 4.28. The summed E-state index contributed by atoms with van der Waals surface area (Å²) in [6, 6.07) is 12.1. The van der Waals surface area contributed by atoms with Gasteiger partial charge in [-0.3, -0.25) is 9.78 Å². The van der Waals surface area contributed by atoms with E-state index in [1.807, 2.05) is 30.5 Å². The minimum Gasteiger partial charge on any atom is -0.370 e. The first kappa shape index (κ1) is 17.9. The molecule has 142 valence electrons. The SMILES string of the molecule is O=C(NCCc1ccccc1)c1cncc(N2CCC3(CC2)OCCO3)c1. The maximum Gasteiger partial charge on any atom is 0.252 e. The molecule has 2 aromatic rings. The highest BCUT2D eigenvalue weighted by molar-refractivity contribution is 5.94. The van der Waals surface area contributed by atoms with E-state index in [9.17, 15) is 4.79 Å². The van der Waals surface area contributed by atoms with Crippen molar-refractivity contribution in [2.24, 2.45) is 0 Å². The summed E-state index contributed by atoms with van der Waals surface area (Å²) >= 11 is 0. The number of piperidine rings is 1. The van der Waals surface area contributed by atoms with Crippen LogP contribution in [0.3, 0.4) is 0 Å². The summed E-state index contributed by atoms with van der Waals surface area (Å²) in [4.78, 5) is 19.0. The highest BCUT2D eigenvalue weighted by Gasteiger charge is 2.39. The van der Waals surface area contributed by atoms with Crippen molar-refractivity contribution in [1.29, 1.82) is 0 Å². The second-order valence-corrected chi connectivity index (χ2v) is 7.02. The molecule has 6 nitrogen and oxygen atoms in total. The lowest BCUT2D eigenvalue weighted by Crippen LogP contribution is -2.45. The molecule has 1 amide bonds. The minimum absolute atomic E-state index is 0.0868. The summed E-state index contributed by atoms with van der Waals surface area (Å²) in [5, 5.41) is 2.98. The number of anilines is 1. The molecule has 1 N–H and O–H groups in total. The maximum atomic E-state index is 12.5. The van der Waals surface area contributed by atoms with Gasteiger partial charge in [-0.1, -0.05) is 30.3 Å². The first-order valence-electron chi connectivity index (χ1n) is 9.54. The largest absolute Gasteiger partial charge is 0.370 e. The Morgan fingerprint density at radius 3 is 2.59 bits per heavy atom. The summed E-state index contributed by atoms with van der Waals surface area (Å²) < 4.78 is 11.6. The molecule has 2 aliphatic heterocycles. The third-order valence-corrected chi connectivity index (χ3v) is 5.23. The number of benzene rings is 1. The average molecular weight is 367 g/mol. The molecule has 3 heterocycles. The molecular formula is C21H25N3O3. The number of nitrogens with one attached hydrogen (secondary N) is 1. The number of amides is 1. The lowest BCUT2D eigenvalue weighted by molar-refractivity contribution is -0.169. The molecule has 2 aliphatic rings. The Kier molecular flexibility index (Phi) is 5.36. The molecule has 0 aliphatic carbocycles. The number of ether oxygens (including phenoxy) is 2. The third-order valence-electron chi connectivity index (χ3n) is 5.23. The van der Waals surface area contributed by atoms with Gasteiger partial charge < -0.3 is 19.7 Å². The Labute approximate surface area is 159 Å². The lowest BCUT2D eigenvalue weighted by Gasteiger charge is -2.38. The molecule has 1 aromatic heterocycles. The molecule has 4 rings (SSSR count). The number of carbonyl (C=O) groups is 1. The number of pyridine rings is 1. The van der Waals surface area contributed by atoms with E-state index < -0.39 is 5.79 Å². The van der Waals surface area contributed by atoms with Crippen molar-refractivity contribution < 1.29 is 14.3 Å². The number of carbonyl (C=O) groups excluding carboxylic acids is 1. The zero-order chi connectivity index (χ0) is 18.5. The van der Waals surface area contributed by atoms with E-state index in [1.54, 1.807) is 6.20 Å². The predicted molar refractivity (Wildman–Crippen MR) is 103 cm³/mol. The lowest BCUT2D eigenvalue weighted by atomic mass is 10.0. The van der Waals surface area contributed by atoms with Crippen molar-refractivity contribution in [1.82, 2.24) is 10.3 Å². The van der Waals surface area contributed by atoms with E-state index in [2.05, 4.69) is 27.3 Å². The number of aromatic nitrogens is 1. The molecule has 0 saturated carbocycles. The van der Waals surface area contributed by atoms with Gasteiger partial charge in [-0.05, 0) is 18.1 Å². The number of hydrogen-bond acceptors (Lipinski definition) is 5. The van der Waals surface area contributed by atoms with Gasteiger partial charge in [-0.15, -0.1) is 0 Å². The van der Waals surface area contributed by atoms with E-state index in [4.69, 9.17) is 9.47 Å². The first-order valence-corrected chi connectivity index (χ1v) is 9.54. The Bertz CT molecular complexity index is 765. The monoisotopic (exact) mass is 367 g/mol. The first-order chi connectivity index (χ1) is 13.2. The smallest absolute Gasteiger partial charge is 0.252 e. The Morgan fingerprint density at radius 1 is 1.11 bits per heavy atom. The van der Waals surface area contributed by atoms with E-state index in [0.717, 1.165) is 38.0 Å². The zero-order valence-electron chi connectivity index (χ0n) is 15.4. The molecule has 2 saturated heterocycles. The molecule has 6 heteroatoms. The Balaban J connectivity index is 1.32. The van der Waals surface area contributed by atoms with E-state index >= 15 is 0 Å². The Hall–Kier alpha value is -2.44. The van der Waals surface area contributed by atoms with Gasteiger partial charge in [0, 0.05) is 38.7 Å². The second kappa shape index (κ2) is 8.06. The van der Waals surface area contributed by atoms with Gasteiger partial charge in [0.2, 0.25) is 0 Å². The van der Waals surface area contributed by atoms with Crippen LogP contribution in [0.15, 0.2) is 48.8 Å². The van der Waals surface area contributed by atoms with Crippen LogP contribution >= 0.6 is 0 Å². The van der Waals surface area contributed by atoms with Gasteiger partial charge >= 0.3 is 0 Å². The van der Waals surface area contributed by atoms with Crippen molar-refractivity contribution in [3.8, 4) is 0 Å². The summed E-state index contributed by atoms with van der Waals surface area (Å²) in [6.45, 7) is 3.63. The van der Waals surface area contributed by atoms with Crippen LogP contribution in [0.5, 0.6) is 0 Å². The number of nitrogens with zero attached hydrogens (tertiary/aromatic N) is 2. The highest BCUT2D eigenvalue weighted by atomic mass is 16.7. The van der Waals surface area contributed by atoms with E-state index in [0.29, 0.717) is 25.3 Å². The van der Waals surface area contributed by atoms with Crippen LogP contribution in [-0.4, -0.2) is 49.5 Å². The van der Waals surface area contributed by atoms with Crippen molar-refractivity contribution in [3.63, 3.8) is 0 Å². The van der Waals surface area contributed by atoms with Crippen LogP contribution in [0.1, 0.15) is 28.8 Å². The van der Waals surface area contributed by atoms with Crippen molar-refractivity contribution in [2.45, 2.75) is 25.0 Å². The van der Waals surface area contributed by atoms with Gasteiger partial charge in [0.1, 0.15) is 0 Å². The highest BCUT2D eigenvalue weighted by Crippen LogP contribution is 2.33. The molecule has 1 aromatic carbocycles. The van der Waals surface area contributed by atoms with Gasteiger partial charge in [-0.2, -0.15) is 0 Å². The average Bonchev–Trinajstić information content (AvgIpc) is 3.17. The van der Waals surface area contributed by atoms with Gasteiger partial charge in [0.25, 0.3) is 5.91 Å². The van der Waals surface area contributed by atoms with Crippen LogP contribution in [0.2, 0.25) is 0 Å². The fourth-order valence-electron chi connectivity index (χ4n) is 3.68. The molecule has 0 atom stereocenters.